The first kappa shape index (κ1) is 16.1. The van der Waals surface area contributed by atoms with Gasteiger partial charge in [0.2, 0.25) is 0 Å². The number of aliphatic hydroxyl groups is 1. The Bertz CT molecular complexity index is 352. The number of nitrogens with one attached hydrogen (secondary N) is 1. The highest BCUT2D eigenvalue weighted by molar-refractivity contribution is 5.03. The zero-order valence-electron chi connectivity index (χ0n) is 12.6. The number of aromatic nitrogens is 1. The Morgan fingerprint density at radius 1 is 1.47 bits per heavy atom. The maximum atomic E-state index is 9.43. The minimum atomic E-state index is -0.210. The number of hydrogen-bond donors (Lipinski definition) is 2. The van der Waals surface area contributed by atoms with Gasteiger partial charge in [-0.1, -0.05) is 6.07 Å². The van der Waals surface area contributed by atoms with Crippen molar-refractivity contribution in [2.24, 2.45) is 0 Å². The first-order valence-electron chi connectivity index (χ1n) is 6.90. The summed E-state index contributed by atoms with van der Waals surface area (Å²) in [6.07, 6.45) is 3.71. The van der Waals surface area contributed by atoms with Gasteiger partial charge in [0.05, 0.1) is 6.61 Å². The fraction of sp³-hybridized carbons (Fsp3) is 0.667. The van der Waals surface area contributed by atoms with Gasteiger partial charge in [0.15, 0.2) is 0 Å². The van der Waals surface area contributed by atoms with Crippen LogP contribution in [0.25, 0.3) is 0 Å². The van der Waals surface area contributed by atoms with E-state index >= 15 is 0 Å². The van der Waals surface area contributed by atoms with Crippen molar-refractivity contribution < 1.29 is 5.11 Å². The Labute approximate surface area is 116 Å². The number of hydrogen-bond acceptors (Lipinski definition) is 4. The predicted octanol–water partition coefficient (Wildman–Crippen LogP) is 1.30. The maximum Gasteiger partial charge on any atom is 0.0611 e. The van der Waals surface area contributed by atoms with E-state index < -0.39 is 0 Å². The van der Waals surface area contributed by atoms with Crippen LogP contribution in [0.1, 0.15) is 26.0 Å². The number of rotatable bonds is 8. The molecule has 0 aliphatic heterocycles. The molecule has 2 N–H and O–H groups in total. The average Bonchev–Trinajstić information content (AvgIpc) is 2.45. The van der Waals surface area contributed by atoms with E-state index in [1.54, 1.807) is 0 Å². The van der Waals surface area contributed by atoms with E-state index in [2.05, 4.69) is 42.2 Å². The van der Waals surface area contributed by atoms with Crippen molar-refractivity contribution in [2.75, 3.05) is 27.2 Å². The molecule has 2 unspecified atom stereocenters. The molecule has 0 aliphatic carbocycles. The number of likely N-dealkylation sites (N-methyl/N-ethyl adjacent to an activating group) is 2. The summed E-state index contributed by atoms with van der Waals surface area (Å²) in [4.78, 5) is 6.66. The van der Waals surface area contributed by atoms with Gasteiger partial charge >= 0.3 is 0 Å². The van der Waals surface area contributed by atoms with Gasteiger partial charge < -0.3 is 15.3 Å². The van der Waals surface area contributed by atoms with Crippen molar-refractivity contribution in [1.29, 1.82) is 0 Å². The van der Waals surface area contributed by atoms with Crippen LogP contribution >= 0.6 is 0 Å². The summed E-state index contributed by atoms with van der Waals surface area (Å²) in [5.74, 6) is 0. The molecule has 0 aromatic carbocycles. The van der Waals surface area contributed by atoms with Crippen LogP contribution in [-0.4, -0.2) is 53.8 Å². The molecule has 0 fully saturated rings. The lowest BCUT2D eigenvalue weighted by Crippen LogP contribution is -2.48. The third-order valence-corrected chi connectivity index (χ3v) is 3.90. The highest BCUT2D eigenvalue weighted by Gasteiger charge is 2.25. The summed E-state index contributed by atoms with van der Waals surface area (Å²) in [6, 6.07) is 6.43. The van der Waals surface area contributed by atoms with E-state index in [1.165, 1.54) is 0 Å². The molecule has 0 amide bonds. The van der Waals surface area contributed by atoms with Gasteiger partial charge in [-0.15, -0.1) is 0 Å². The van der Waals surface area contributed by atoms with E-state index in [4.69, 9.17) is 0 Å². The smallest absolute Gasteiger partial charge is 0.0611 e. The molecule has 0 bridgehead atoms. The molecule has 4 heteroatoms. The Balaban J connectivity index is 2.42. The van der Waals surface area contributed by atoms with Crippen molar-refractivity contribution in [1.82, 2.24) is 15.2 Å². The van der Waals surface area contributed by atoms with Crippen LogP contribution in [0.5, 0.6) is 0 Å². The van der Waals surface area contributed by atoms with Crippen LogP contribution in [0.3, 0.4) is 0 Å². The van der Waals surface area contributed by atoms with E-state index in [9.17, 15) is 5.11 Å². The first-order chi connectivity index (χ1) is 9.00. The van der Waals surface area contributed by atoms with Crippen LogP contribution in [0.15, 0.2) is 24.4 Å². The highest BCUT2D eigenvalue weighted by atomic mass is 16.3. The van der Waals surface area contributed by atoms with Crippen molar-refractivity contribution in [2.45, 2.75) is 38.3 Å². The molecule has 1 heterocycles. The molecule has 1 aromatic rings. The number of pyridine rings is 1. The summed E-state index contributed by atoms with van der Waals surface area (Å²) >= 11 is 0. The second-order valence-corrected chi connectivity index (χ2v) is 5.57. The van der Waals surface area contributed by atoms with E-state index in [0.29, 0.717) is 6.04 Å². The summed E-state index contributed by atoms with van der Waals surface area (Å²) in [5.41, 5.74) is 0.915. The fourth-order valence-electron chi connectivity index (χ4n) is 2.11. The molecule has 0 spiro atoms. The minimum absolute atomic E-state index is 0.155. The normalized spacial score (nSPS) is 16.3. The van der Waals surface area contributed by atoms with Crippen molar-refractivity contribution >= 4 is 0 Å². The molecule has 1 aromatic heterocycles. The van der Waals surface area contributed by atoms with Crippen LogP contribution < -0.4 is 5.32 Å². The molecule has 0 saturated heterocycles. The molecule has 0 saturated carbocycles. The van der Waals surface area contributed by atoms with Gasteiger partial charge in [0.25, 0.3) is 0 Å². The zero-order valence-corrected chi connectivity index (χ0v) is 12.6. The first-order valence-corrected chi connectivity index (χ1v) is 6.90. The Kier molecular flexibility index (Phi) is 6.42. The SMILES string of the molecule is CNC(C)(CO)CC(C)N(C)CCc1ccccn1. The van der Waals surface area contributed by atoms with Gasteiger partial charge in [-0.2, -0.15) is 0 Å². The van der Waals surface area contributed by atoms with Crippen molar-refractivity contribution in [3.63, 3.8) is 0 Å². The average molecular weight is 265 g/mol. The third-order valence-electron chi connectivity index (χ3n) is 3.90. The van der Waals surface area contributed by atoms with Gasteiger partial charge in [0.1, 0.15) is 0 Å². The largest absolute Gasteiger partial charge is 0.394 e. The zero-order chi connectivity index (χ0) is 14.3. The molecule has 108 valence electrons. The van der Waals surface area contributed by atoms with Crippen LogP contribution in [0.4, 0.5) is 0 Å². The summed E-state index contributed by atoms with van der Waals surface area (Å²) < 4.78 is 0. The van der Waals surface area contributed by atoms with Crippen molar-refractivity contribution in [3.8, 4) is 0 Å². The Morgan fingerprint density at radius 2 is 2.21 bits per heavy atom. The molecule has 0 radical (unpaired) electrons. The van der Waals surface area contributed by atoms with Crippen molar-refractivity contribution in [3.05, 3.63) is 30.1 Å². The van der Waals surface area contributed by atoms with E-state index in [-0.39, 0.29) is 12.1 Å². The molecule has 2 atom stereocenters. The molecule has 0 aliphatic rings. The summed E-state index contributed by atoms with van der Waals surface area (Å²) in [7, 11) is 4.03. The third kappa shape index (κ3) is 5.27. The lowest BCUT2D eigenvalue weighted by Gasteiger charge is -2.34. The van der Waals surface area contributed by atoms with Gasteiger partial charge in [0, 0.05) is 36.4 Å². The van der Waals surface area contributed by atoms with Crippen LogP contribution in [0.2, 0.25) is 0 Å². The van der Waals surface area contributed by atoms with Gasteiger partial charge in [-0.3, -0.25) is 4.98 Å². The molecule has 19 heavy (non-hydrogen) atoms. The summed E-state index contributed by atoms with van der Waals surface area (Å²) in [6.45, 7) is 5.38. The summed E-state index contributed by atoms with van der Waals surface area (Å²) in [5, 5.41) is 12.6. The fourth-order valence-corrected chi connectivity index (χ4v) is 2.11. The number of aliphatic hydroxyl groups excluding tert-OH is 1. The predicted molar refractivity (Wildman–Crippen MR) is 79.2 cm³/mol. The molecule has 1 rings (SSSR count). The number of nitrogens with zero attached hydrogens (tertiary/aromatic N) is 2. The van der Waals surface area contributed by atoms with E-state index in [0.717, 1.165) is 25.1 Å². The molecular weight excluding hydrogens is 238 g/mol. The monoisotopic (exact) mass is 265 g/mol. The second-order valence-electron chi connectivity index (χ2n) is 5.57. The quantitative estimate of drug-likeness (QED) is 0.744. The molecular formula is C15H27N3O. The van der Waals surface area contributed by atoms with Gasteiger partial charge in [-0.25, -0.2) is 0 Å². The Hall–Kier alpha value is -0.970. The lowest BCUT2D eigenvalue weighted by atomic mass is 9.94. The van der Waals surface area contributed by atoms with Crippen LogP contribution in [-0.2, 0) is 6.42 Å². The van der Waals surface area contributed by atoms with E-state index in [1.807, 2.05) is 25.4 Å². The highest BCUT2D eigenvalue weighted by Crippen LogP contribution is 2.14. The minimum Gasteiger partial charge on any atom is -0.394 e. The lowest BCUT2D eigenvalue weighted by molar-refractivity contribution is 0.133. The maximum absolute atomic E-state index is 9.43. The molecule has 4 nitrogen and oxygen atoms in total. The van der Waals surface area contributed by atoms with Crippen LogP contribution in [0, 0.1) is 0 Å². The Morgan fingerprint density at radius 3 is 2.74 bits per heavy atom. The standard InChI is InChI=1S/C15H27N3O/c1-13(11-15(2,12-19)16-3)18(4)10-8-14-7-5-6-9-17-14/h5-7,9,13,16,19H,8,10-12H2,1-4H3. The second kappa shape index (κ2) is 7.58. The van der Waals surface area contributed by atoms with Gasteiger partial charge in [-0.05, 0) is 46.5 Å². The topological polar surface area (TPSA) is 48.4 Å².